The number of anilines is 2. The number of nitrogens with zero attached hydrogens (tertiary/aromatic N) is 2. The molecule has 0 radical (unpaired) electrons. The van der Waals surface area contributed by atoms with E-state index >= 15 is 0 Å². The highest BCUT2D eigenvalue weighted by Crippen LogP contribution is 2.25. The maximum absolute atomic E-state index is 5.84. The minimum Gasteiger partial charge on any atom is -0.470 e. The maximum atomic E-state index is 5.84. The van der Waals surface area contributed by atoms with Gasteiger partial charge in [-0.2, -0.15) is 4.98 Å². The fraction of sp³-hybridized carbons (Fsp3) is 0.385. The van der Waals surface area contributed by atoms with Crippen LogP contribution in [0.3, 0.4) is 0 Å². The third-order valence-corrected chi connectivity index (χ3v) is 2.23. The van der Waals surface area contributed by atoms with Crippen molar-refractivity contribution >= 4 is 11.5 Å². The first-order valence-electron chi connectivity index (χ1n) is 6.03. The average molecular weight is 262 g/mol. The molecule has 0 aliphatic carbocycles. The molecule has 2 aromatic rings. The molecule has 0 bridgehead atoms. The second-order valence-corrected chi connectivity index (χ2v) is 5.15. The average Bonchev–Trinajstić information content (AvgIpc) is 2.81. The van der Waals surface area contributed by atoms with Crippen LogP contribution in [0.15, 0.2) is 29.0 Å². The first-order valence-corrected chi connectivity index (χ1v) is 6.03. The molecule has 2 heterocycles. The van der Waals surface area contributed by atoms with E-state index in [1.54, 1.807) is 18.2 Å². The Labute approximate surface area is 112 Å². The second kappa shape index (κ2) is 5.17. The lowest BCUT2D eigenvalue weighted by Gasteiger charge is -2.21. The lowest BCUT2D eigenvalue weighted by atomic mass is 10.2. The van der Waals surface area contributed by atoms with Crippen molar-refractivity contribution in [1.82, 2.24) is 10.1 Å². The van der Waals surface area contributed by atoms with Gasteiger partial charge in [-0.3, -0.25) is 0 Å². The van der Waals surface area contributed by atoms with Gasteiger partial charge >= 0.3 is 0 Å². The Balaban J connectivity index is 2.07. The number of hydrogen-bond acceptors (Lipinski definition) is 6. The van der Waals surface area contributed by atoms with Gasteiger partial charge in [-0.1, -0.05) is 5.16 Å². The SMILES string of the molecule is CC(C)(C)Oc1nc(NCc2ccon2)ccc1N. The van der Waals surface area contributed by atoms with Gasteiger partial charge in [0, 0.05) is 6.07 Å². The van der Waals surface area contributed by atoms with Gasteiger partial charge in [0.1, 0.15) is 23.4 Å². The van der Waals surface area contributed by atoms with Gasteiger partial charge in [-0.25, -0.2) is 0 Å². The summed E-state index contributed by atoms with van der Waals surface area (Å²) in [7, 11) is 0. The summed E-state index contributed by atoms with van der Waals surface area (Å²) in [5, 5.41) is 6.94. The number of nitrogens with one attached hydrogen (secondary N) is 1. The first-order chi connectivity index (χ1) is 8.94. The van der Waals surface area contributed by atoms with Crippen molar-refractivity contribution in [3.05, 3.63) is 30.2 Å². The summed E-state index contributed by atoms with van der Waals surface area (Å²) in [4.78, 5) is 4.34. The van der Waals surface area contributed by atoms with Crippen LogP contribution >= 0.6 is 0 Å². The van der Waals surface area contributed by atoms with Gasteiger partial charge < -0.3 is 20.3 Å². The zero-order valence-corrected chi connectivity index (χ0v) is 11.3. The van der Waals surface area contributed by atoms with E-state index in [9.17, 15) is 0 Å². The van der Waals surface area contributed by atoms with E-state index in [0.29, 0.717) is 23.9 Å². The zero-order valence-electron chi connectivity index (χ0n) is 11.3. The topological polar surface area (TPSA) is 86.2 Å². The van der Waals surface area contributed by atoms with Gasteiger partial charge in [0.2, 0.25) is 5.88 Å². The zero-order chi connectivity index (χ0) is 13.9. The van der Waals surface area contributed by atoms with Crippen molar-refractivity contribution in [3.8, 4) is 5.88 Å². The van der Waals surface area contributed by atoms with Gasteiger partial charge in [0.15, 0.2) is 0 Å². The third-order valence-electron chi connectivity index (χ3n) is 2.23. The summed E-state index contributed by atoms with van der Waals surface area (Å²) < 4.78 is 10.5. The van der Waals surface area contributed by atoms with Crippen LogP contribution in [-0.4, -0.2) is 15.7 Å². The molecule has 0 aliphatic rings. The number of rotatable bonds is 4. The Morgan fingerprint density at radius 1 is 1.32 bits per heavy atom. The molecule has 6 nitrogen and oxygen atoms in total. The Kier molecular flexibility index (Phi) is 3.59. The molecule has 2 rings (SSSR count). The molecule has 0 aromatic carbocycles. The van der Waals surface area contributed by atoms with Gasteiger partial charge in [-0.15, -0.1) is 0 Å². The lowest BCUT2D eigenvalue weighted by Crippen LogP contribution is -2.24. The minimum absolute atomic E-state index is 0.341. The summed E-state index contributed by atoms with van der Waals surface area (Å²) in [6.07, 6.45) is 1.53. The van der Waals surface area contributed by atoms with E-state index < -0.39 is 0 Å². The molecular formula is C13H18N4O2. The highest BCUT2D eigenvalue weighted by molar-refractivity contribution is 5.53. The Hall–Kier alpha value is -2.24. The van der Waals surface area contributed by atoms with Crippen LogP contribution in [0.4, 0.5) is 11.5 Å². The van der Waals surface area contributed by atoms with E-state index in [4.69, 9.17) is 15.0 Å². The Bertz CT molecular complexity index is 532. The normalized spacial score (nSPS) is 11.3. The highest BCUT2D eigenvalue weighted by Gasteiger charge is 2.15. The number of nitrogens with two attached hydrogens (primary N) is 1. The van der Waals surface area contributed by atoms with Crippen molar-refractivity contribution in [2.24, 2.45) is 0 Å². The fourth-order valence-electron chi connectivity index (χ4n) is 1.43. The van der Waals surface area contributed by atoms with E-state index in [-0.39, 0.29) is 5.60 Å². The van der Waals surface area contributed by atoms with Crippen molar-refractivity contribution < 1.29 is 9.26 Å². The molecule has 19 heavy (non-hydrogen) atoms. The van der Waals surface area contributed by atoms with Crippen molar-refractivity contribution in [2.45, 2.75) is 32.9 Å². The highest BCUT2D eigenvalue weighted by atomic mass is 16.5. The molecule has 102 valence electrons. The molecule has 3 N–H and O–H groups in total. The molecule has 0 saturated carbocycles. The molecule has 0 spiro atoms. The second-order valence-electron chi connectivity index (χ2n) is 5.15. The minimum atomic E-state index is -0.341. The predicted octanol–water partition coefficient (Wildman–Crippen LogP) is 2.44. The molecule has 6 heteroatoms. The van der Waals surface area contributed by atoms with Crippen LogP contribution in [-0.2, 0) is 6.54 Å². The van der Waals surface area contributed by atoms with Gasteiger partial charge in [0.25, 0.3) is 0 Å². The molecular weight excluding hydrogens is 244 g/mol. The number of ether oxygens (including phenoxy) is 1. The van der Waals surface area contributed by atoms with Gasteiger partial charge in [0.05, 0.1) is 12.2 Å². The van der Waals surface area contributed by atoms with E-state index in [0.717, 1.165) is 5.69 Å². The maximum Gasteiger partial charge on any atom is 0.239 e. The summed E-state index contributed by atoms with van der Waals surface area (Å²) in [5.74, 6) is 1.11. The summed E-state index contributed by atoms with van der Waals surface area (Å²) in [5.41, 5.74) is 6.82. The van der Waals surface area contributed by atoms with Crippen LogP contribution in [0.25, 0.3) is 0 Å². The van der Waals surface area contributed by atoms with Crippen LogP contribution in [0.5, 0.6) is 5.88 Å². The molecule has 0 unspecified atom stereocenters. The van der Waals surface area contributed by atoms with Crippen LogP contribution in [0.1, 0.15) is 26.5 Å². The van der Waals surface area contributed by atoms with Gasteiger partial charge in [-0.05, 0) is 32.9 Å². The Morgan fingerprint density at radius 3 is 2.74 bits per heavy atom. The van der Waals surface area contributed by atoms with Crippen LogP contribution < -0.4 is 15.8 Å². The Morgan fingerprint density at radius 2 is 2.11 bits per heavy atom. The van der Waals surface area contributed by atoms with E-state index in [2.05, 4.69) is 15.5 Å². The predicted molar refractivity (Wildman–Crippen MR) is 72.9 cm³/mol. The molecule has 2 aromatic heterocycles. The summed E-state index contributed by atoms with van der Waals surface area (Å²) in [6.45, 7) is 6.37. The van der Waals surface area contributed by atoms with Crippen molar-refractivity contribution in [3.63, 3.8) is 0 Å². The number of pyridine rings is 1. The molecule has 0 fully saturated rings. The molecule has 0 aliphatic heterocycles. The van der Waals surface area contributed by atoms with Crippen molar-refractivity contribution in [1.29, 1.82) is 0 Å². The van der Waals surface area contributed by atoms with E-state index in [1.807, 2.05) is 20.8 Å². The number of nitrogen functional groups attached to an aromatic ring is 1. The lowest BCUT2D eigenvalue weighted by molar-refractivity contribution is 0.125. The number of aromatic nitrogens is 2. The standard InChI is InChI=1S/C13H18N4O2/c1-13(2,3)19-12-10(14)4-5-11(16-12)15-8-9-6-7-18-17-9/h4-7H,8,14H2,1-3H3,(H,15,16). The third kappa shape index (κ3) is 3.87. The molecule has 0 saturated heterocycles. The summed E-state index contributed by atoms with van der Waals surface area (Å²) >= 11 is 0. The summed E-state index contributed by atoms with van der Waals surface area (Å²) in [6, 6.07) is 5.35. The largest absolute Gasteiger partial charge is 0.470 e. The smallest absolute Gasteiger partial charge is 0.239 e. The quantitative estimate of drug-likeness (QED) is 0.880. The monoisotopic (exact) mass is 262 g/mol. The number of hydrogen-bond donors (Lipinski definition) is 2. The first kappa shape index (κ1) is 13.2. The molecule has 0 atom stereocenters. The fourth-order valence-corrected chi connectivity index (χ4v) is 1.43. The van der Waals surface area contributed by atoms with Crippen molar-refractivity contribution in [2.75, 3.05) is 11.1 Å². The van der Waals surface area contributed by atoms with Crippen LogP contribution in [0.2, 0.25) is 0 Å². The molecule has 0 amide bonds. The van der Waals surface area contributed by atoms with Crippen LogP contribution in [0, 0.1) is 0 Å². The van der Waals surface area contributed by atoms with E-state index in [1.165, 1.54) is 6.26 Å².